The number of piperidine rings is 1. The molecule has 2 heterocycles. The van der Waals surface area contributed by atoms with Crippen LogP contribution in [-0.4, -0.2) is 89.7 Å². The molecule has 2 aliphatic rings. The molecule has 0 aromatic rings. The third kappa shape index (κ3) is 9.96. The first-order chi connectivity index (χ1) is 15.7. The Hall–Kier alpha value is -1.10. The molecule has 0 bridgehead atoms. The van der Waals surface area contributed by atoms with Gasteiger partial charge >= 0.3 is 0 Å². The number of unbranched alkanes of at least 4 members (excludes halogenated alkanes) is 3. The number of aliphatic carboxylic acids is 1. The highest BCUT2D eigenvalue weighted by molar-refractivity contribution is 5.65. The Morgan fingerprint density at radius 1 is 1.33 bits per heavy atom. The normalized spacial score (nSPS) is 30.3. The summed E-state index contributed by atoms with van der Waals surface area (Å²) < 4.78 is 0. The molecule has 9 nitrogen and oxygen atoms in total. The van der Waals surface area contributed by atoms with Crippen molar-refractivity contribution in [3.05, 3.63) is 0 Å². The molecule has 192 valence electrons. The van der Waals surface area contributed by atoms with Gasteiger partial charge in [-0.25, -0.2) is 4.99 Å². The Balaban J connectivity index is 1.64. The second-order valence-electron chi connectivity index (χ2n) is 10.1. The SMILES string of the molecule is CCNCC(O)(CCCCCCC(O)CCC1NC(C)C(O)CC1[NH+]1CC=NC1)CC(=O)[O-]. The number of likely N-dealkylation sites (N-methyl/N-ethyl adjacent to an activating group) is 1. The van der Waals surface area contributed by atoms with Crippen molar-refractivity contribution < 1.29 is 30.1 Å². The number of carbonyl (C=O) groups excluding carboxylic acids is 1. The lowest BCUT2D eigenvalue weighted by Gasteiger charge is -2.41. The smallest absolute Gasteiger partial charge is 0.171 e. The highest BCUT2D eigenvalue weighted by Crippen LogP contribution is 2.21. The first kappa shape index (κ1) is 28.1. The minimum atomic E-state index is -1.26. The van der Waals surface area contributed by atoms with Crippen molar-refractivity contribution in [3.63, 3.8) is 0 Å². The Morgan fingerprint density at radius 3 is 2.76 bits per heavy atom. The number of hydrogen-bond donors (Lipinski definition) is 6. The number of hydrogen-bond acceptors (Lipinski definition) is 8. The van der Waals surface area contributed by atoms with E-state index in [-0.39, 0.29) is 37.3 Å². The fourth-order valence-electron chi connectivity index (χ4n) is 5.20. The van der Waals surface area contributed by atoms with Crippen molar-refractivity contribution in [2.24, 2.45) is 4.99 Å². The van der Waals surface area contributed by atoms with Crippen LogP contribution in [0.25, 0.3) is 0 Å². The molecule has 0 spiro atoms. The molecule has 0 aliphatic carbocycles. The summed E-state index contributed by atoms with van der Waals surface area (Å²) in [6.45, 7) is 6.54. The van der Waals surface area contributed by atoms with Gasteiger partial charge in [-0.15, -0.1) is 0 Å². The lowest BCUT2D eigenvalue weighted by molar-refractivity contribution is -0.914. The number of quaternary nitrogens is 1. The van der Waals surface area contributed by atoms with Gasteiger partial charge in [0.05, 0.1) is 30.1 Å². The largest absolute Gasteiger partial charge is 0.550 e. The van der Waals surface area contributed by atoms with E-state index < -0.39 is 11.6 Å². The third-order valence-corrected chi connectivity index (χ3v) is 7.25. The second-order valence-corrected chi connectivity index (χ2v) is 10.1. The van der Waals surface area contributed by atoms with Crippen LogP contribution < -0.4 is 20.6 Å². The molecule has 33 heavy (non-hydrogen) atoms. The zero-order chi connectivity index (χ0) is 24.3. The Labute approximate surface area is 198 Å². The summed E-state index contributed by atoms with van der Waals surface area (Å²) in [4.78, 5) is 16.7. The lowest BCUT2D eigenvalue weighted by Crippen LogP contribution is -3.16. The number of aliphatic hydroxyl groups excluding tert-OH is 2. The molecule has 7 unspecified atom stereocenters. The molecule has 1 fully saturated rings. The van der Waals surface area contributed by atoms with Crippen molar-refractivity contribution in [1.29, 1.82) is 0 Å². The molecular weight excluding hydrogens is 424 g/mol. The summed E-state index contributed by atoms with van der Waals surface area (Å²) in [7, 11) is 0. The Morgan fingerprint density at radius 2 is 2.09 bits per heavy atom. The van der Waals surface area contributed by atoms with E-state index in [1.807, 2.05) is 20.1 Å². The zero-order valence-corrected chi connectivity index (χ0v) is 20.5. The van der Waals surface area contributed by atoms with E-state index in [0.29, 0.717) is 19.0 Å². The van der Waals surface area contributed by atoms with Gasteiger partial charge in [0.25, 0.3) is 0 Å². The fourth-order valence-corrected chi connectivity index (χ4v) is 5.20. The first-order valence-corrected chi connectivity index (χ1v) is 12.8. The minimum Gasteiger partial charge on any atom is -0.550 e. The van der Waals surface area contributed by atoms with E-state index in [1.54, 1.807) is 0 Å². The maximum atomic E-state index is 10.9. The minimum absolute atomic E-state index is 0.0643. The molecule has 0 radical (unpaired) electrons. The van der Waals surface area contributed by atoms with E-state index in [1.165, 1.54) is 4.90 Å². The molecule has 9 heteroatoms. The molecule has 6 N–H and O–H groups in total. The molecule has 1 saturated heterocycles. The first-order valence-electron chi connectivity index (χ1n) is 12.8. The van der Waals surface area contributed by atoms with Crippen LogP contribution in [0.15, 0.2) is 4.99 Å². The van der Waals surface area contributed by atoms with Crippen LogP contribution >= 0.6 is 0 Å². The van der Waals surface area contributed by atoms with Crippen molar-refractivity contribution in [2.75, 3.05) is 26.3 Å². The molecule has 7 atom stereocenters. The van der Waals surface area contributed by atoms with Crippen LogP contribution in [-0.2, 0) is 4.79 Å². The topological polar surface area (TPSA) is 142 Å². The second kappa shape index (κ2) is 14.3. The summed E-state index contributed by atoms with van der Waals surface area (Å²) in [5.41, 5.74) is -1.26. The summed E-state index contributed by atoms with van der Waals surface area (Å²) in [5, 5.41) is 48.9. The van der Waals surface area contributed by atoms with E-state index >= 15 is 0 Å². The standard InChI is InChI=1S/C24H46N4O5/c1-3-25-16-24(33,15-23(31)32)11-7-5-4-6-8-19(29)9-10-20-21(28-13-12-26-17-28)14-22(30)18(2)27-20/h12,18-22,25,27,29-30,33H,3-11,13-17H2,1-2H3,(H,31,32). The van der Waals surface area contributed by atoms with Gasteiger partial charge in [-0.1, -0.05) is 32.6 Å². The lowest BCUT2D eigenvalue weighted by atomic mass is 9.87. The van der Waals surface area contributed by atoms with Crippen LogP contribution in [0.3, 0.4) is 0 Å². The van der Waals surface area contributed by atoms with Gasteiger partial charge in [0.15, 0.2) is 6.67 Å². The van der Waals surface area contributed by atoms with Crippen LogP contribution in [0.2, 0.25) is 0 Å². The van der Waals surface area contributed by atoms with Crippen LogP contribution in [0.1, 0.15) is 78.1 Å². The van der Waals surface area contributed by atoms with E-state index in [0.717, 1.165) is 64.6 Å². The monoisotopic (exact) mass is 470 g/mol. The van der Waals surface area contributed by atoms with Gasteiger partial charge in [-0.05, 0) is 39.2 Å². The molecule has 0 amide bonds. The summed E-state index contributed by atoms with van der Waals surface area (Å²) in [5.74, 6) is -1.23. The van der Waals surface area contributed by atoms with E-state index in [2.05, 4.69) is 15.6 Å². The number of aliphatic hydroxyl groups is 3. The zero-order valence-electron chi connectivity index (χ0n) is 20.5. The van der Waals surface area contributed by atoms with Crippen molar-refractivity contribution >= 4 is 12.2 Å². The number of nitrogens with zero attached hydrogens (tertiary/aromatic N) is 1. The summed E-state index contributed by atoms with van der Waals surface area (Å²) >= 11 is 0. The number of rotatable bonds is 16. The molecule has 0 aromatic carbocycles. The maximum absolute atomic E-state index is 10.9. The number of carboxylic acids is 1. The van der Waals surface area contributed by atoms with Gasteiger partial charge in [0.2, 0.25) is 0 Å². The van der Waals surface area contributed by atoms with Crippen molar-refractivity contribution in [3.8, 4) is 0 Å². The van der Waals surface area contributed by atoms with Crippen LogP contribution in [0.4, 0.5) is 0 Å². The summed E-state index contributed by atoms with van der Waals surface area (Å²) in [6.07, 6.45) is 7.99. The van der Waals surface area contributed by atoms with Gasteiger partial charge in [-0.3, -0.25) is 0 Å². The van der Waals surface area contributed by atoms with Gasteiger partial charge < -0.3 is 40.8 Å². The van der Waals surface area contributed by atoms with Crippen molar-refractivity contribution in [1.82, 2.24) is 10.6 Å². The average Bonchev–Trinajstić information content (AvgIpc) is 3.29. The molecule has 2 rings (SSSR count). The number of carboxylic acid groups (broad SMARTS) is 1. The van der Waals surface area contributed by atoms with Gasteiger partial charge in [0.1, 0.15) is 12.6 Å². The van der Waals surface area contributed by atoms with E-state index in [9.17, 15) is 25.2 Å². The number of aliphatic imine (C=N–C) groups is 1. The molecule has 0 saturated carbocycles. The van der Waals surface area contributed by atoms with Crippen molar-refractivity contribution in [2.45, 2.75) is 114 Å². The molecular formula is C24H46N4O5. The maximum Gasteiger partial charge on any atom is 0.171 e. The molecule has 0 aromatic heterocycles. The predicted molar refractivity (Wildman–Crippen MR) is 126 cm³/mol. The van der Waals surface area contributed by atoms with Crippen LogP contribution in [0, 0.1) is 0 Å². The van der Waals surface area contributed by atoms with E-state index in [4.69, 9.17) is 0 Å². The van der Waals surface area contributed by atoms with Gasteiger partial charge in [0, 0.05) is 31.4 Å². The van der Waals surface area contributed by atoms with Crippen LogP contribution in [0.5, 0.6) is 0 Å². The number of nitrogens with one attached hydrogen (secondary N) is 3. The molecule has 2 aliphatic heterocycles. The Kier molecular flexibility index (Phi) is 12.2. The Bertz CT molecular complexity index is 599. The highest BCUT2D eigenvalue weighted by atomic mass is 16.4. The predicted octanol–water partition coefficient (Wildman–Crippen LogP) is -1.64. The quantitative estimate of drug-likeness (QED) is 0.149. The van der Waals surface area contributed by atoms with Gasteiger partial charge in [-0.2, -0.15) is 0 Å². The fraction of sp³-hybridized carbons (Fsp3) is 0.917. The summed E-state index contributed by atoms with van der Waals surface area (Å²) in [6, 6.07) is 0.648. The average molecular weight is 471 g/mol. The highest BCUT2D eigenvalue weighted by Gasteiger charge is 2.40. The number of carbonyl (C=O) groups is 1. The third-order valence-electron chi connectivity index (χ3n) is 7.25.